The van der Waals surface area contributed by atoms with Gasteiger partial charge in [-0.15, -0.1) is 0 Å². The van der Waals surface area contributed by atoms with Gasteiger partial charge in [0.05, 0.1) is 0 Å². The highest BCUT2D eigenvalue weighted by Gasteiger charge is 2.13. The highest BCUT2D eigenvalue weighted by molar-refractivity contribution is 7.99. The Bertz CT molecular complexity index is 688. The molecule has 1 aromatic carbocycles. The van der Waals surface area contributed by atoms with E-state index in [-0.39, 0.29) is 17.4 Å². The summed E-state index contributed by atoms with van der Waals surface area (Å²) in [5.74, 6) is 2.15. The van der Waals surface area contributed by atoms with E-state index in [0.717, 1.165) is 25.3 Å². The van der Waals surface area contributed by atoms with Gasteiger partial charge in [0.25, 0.3) is 5.91 Å². The quantitative estimate of drug-likeness (QED) is 0.891. The third-order valence-electron chi connectivity index (χ3n) is 3.64. The lowest BCUT2D eigenvalue weighted by molar-refractivity contribution is 0.102. The predicted molar refractivity (Wildman–Crippen MR) is 93.4 cm³/mol. The monoisotopic (exact) mass is 329 g/mol. The smallest absolute Gasteiger partial charge is 0.278 e. The van der Waals surface area contributed by atoms with Gasteiger partial charge >= 0.3 is 0 Å². The molecule has 0 unspecified atom stereocenters. The Balaban J connectivity index is 1.67. The van der Waals surface area contributed by atoms with Crippen molar-refractivity contribution in [2.45, 2.75) is 6.54 Å². The molecule has 2 heterocycles. The van der Waals surface area contributed by atoms with Gasteiger partial charge in [-0.2, -0.15) is 11.8 Å². The summed E-state index contributed by atoms with van der Waals surface area (Å²) in [7, 11) is 0. The van der Waals surface area contributed by atoms with Crippen molar-refractivity contribution in [2.75, 3.05) is 35.6 Å². The Morgan fingerprint density at radius 1 is 1.26 bits per heavy atom. The first-order chi connectivity index (χ1) is 11.2. The molecule has 1 aliphatic rings. The fourth-order valence-corrected chi connectivity index (χ4v) is 3.46. The summed E-state index contributed by atoms with van der Waals surface area (Å²) in [5, 5.41) is 2.83. The van der Waals surface area contributed by atoms with Crippen LogP contribution < -0.4 is 11.1 Å². The van der Waals surface area contributed by atoms with Crippen LogP contribution in [-0.2, 0) is 6.54 Å². The summed E-state index contributed by atoms with van der Waals surface area (Å²) in [6.45, 7) is 3.12. The number of rotatable bonds is 4. The minimum atomic E-state index is -0.345. The van der Waals surface area contributed by atoms with Crippen molar-refractivity contribution in [3.05, 3.63) is 47.9 Å². The first-order valence-corrected chi connectivity index (χ1v) is 8.65. The molecule has 23 heavy (non-hydrogen) atoms. The average molecular weight is 329 g/mol. The summed E-state index contributed by atoms with van der Waals surface area (Å²) >= 11 is 2.00. The molecular weight excluding hydrogens is 310 g/mol. The van der Waals surface area contributed by atoms with Gasteiger partial charge < -0.3 is 11.1 Å². The van der Waals surface area contributed by atoms with Crippen molar-refractivity contribution >= 4 is 29.2 Å². The van der Waals surface area contributed by atoms with Gasteiger partial charge in [-0.1, -0.05) is 12.1 Å². The van der Waals surface area contributed by atoms with Gasteiger partial charge in [0.1, 0.15) is 0 Å². The van der Waals surface area contributed by atoms with Crippen molar-refractivity contribution in [3.8, 4) is 0 Å². The Morgan fingerprint density at radius 3 is 2.83 bits per heavy atom. The van der Waals surface area contributed by atoms with E-state index < -0.39 is 0 Å². The lowest BCUT2D eigenvalue weighted by Gasteiger charge is -2.26. The molecule has 1 aliphatic heterocycles. The van der Waals surface area contributed by atoms with Crippen molar-refractivity contribution in [3.63, 3.8) is 0 Å². The van der Waals surface area contributed by atoms with E-state index >= 15 is 0 Å². The van der Waals surface area contributed by atoms with E-state index in [1.54, 1.807) is 0 Å². The summed E-state index contributed by atoms with van der Waals surface area (Å²) in [6.07, 6.45) is 2.92. The number of amides is 1. The number of anilines is 2. The molecule has 1 saturated heterocycles. The summed E-state index contributed by atoms with van der Waals surface area (Å²) in [4.78, 5) is 22.5. The van der Waals surface area contributed by atoms with Crippen molar-refractivity contribution in [1.29, 1.82) is 0 Å². The molecule has 3 rings (SSSR count). The number of aromatic nitrogens is 2. The van der Waals surface area contributed by atoms with E-state index in [2.05, 4.69) is 26.3 Å². The molecular formula is C16H19N5OS. The van der Waals surface area contributed by atoms with Crippen LogP contribution in [0.15, 0.2) is 36.7 Å². The SMILES string of the molecule is Nc1nccnc1C(=O)Nc1cccc(CN2CCSCC2)c1. The van der Waals surface area contributed by atoms with E-state index in [1.807, 2.05) is 30.0 Å². The van der Waals surface area contributed by atoms with Crippen LogP contribution in [0.4, 0.5) is 11.5 Å². The largest absolute Gasteiger partial charge is 0.382 e. The molecule has 3 N–H and O–H groups in total. The van der Waals surface area contributed by atoms with Crippen LogP contribution in [-0.4, -0.2) is 45.4 Å². The number of carbonyl (C=O) groups excluding carboxylic acids is 1. The zero-order valence-electron chi connectivity index (χ0n) is 12.7. The second kappa shape index (κ2) is 7.43. The van der Waals surface area contributed by atoms with Crippen LogP contribution in [0.1, 0.15) is 16.1 Å². The molecule has 0 saturated carbocycles. The molecule has 1 fully saturated rings. The molecule has 6 nitrogen and oxygen atoms in total. The highest BCUT2D eigenvalue weighted by atomic mass is 32.2. The maximum Gasteiger partial charge on any atom is 0.278 e. The van der Waals surface area contributed by atoms with Crippen LogP contribution in [0.25, 0.3) is 0 Å². The van der Waals surface area contributed by atoms with Gasteiger partial charge in [0, 0.05) is 49.2 Å². The Morgan fingerprint density at radius 2 is 2.04 bits per heavy atom. The number of carbonyl (C=O) groups is 1. The van der Waals surface area contributed by atoms with Crippen LogP contribution in [0.5, 0.6) is 0 Å². The van der Waals surface area contributed by atoms with E-state index in [0.29, 0.717) is 0 Å². The predicted octanol–water partition coefficient (Wildman–Crippen LogP) is 1.86. The molecule has 0 aliphatic carbocycles. The van der Waals surface area contributed by atoms with Gasteiger partial charge in [0.2, 0.25) is 0 Å². The number of nitrogen functional groups attached to an aromatic ring is 1. The summed E-state index contributed by atoms with van der Waals surface area (Å²) in [5.41, 5.74) is 7.75. The van der Waals surface area contributed by atoms with Gasteiger partial charge in [-0.3, -0.25) is 9.69 Å². The molecule has 0 bridgehead atoms. The Labute approximate surface area is 139 Å². The highest BCUT2D eigenvalue weighted by Crippen LogP contribution is 2.17. The van der Waals surface area contributed by atoms with Crippen molar-refractivity contribution < 1.29 is 4.79 Å². The first-order valence-electron chi connectivity index (χ1n) is 7.49. The Hall–Kier alpha value is -2.12. The van der Waals surface area contributed by atoms with Gasteiger partial charge in [-0.05, 0) is 17.7 Å². The lowest BCUT2D eigenvalue weighted by Crippen LogP contribution is -2.31. The Kier molecular flexibility index (Phi) is 5.09. The van der Waals surface area contributed by atoms with E-state index in [4.69, 9.17) is 5.73 Å². The normalized spacial score (nSPS) is 15.3. The minimum Gasteiger partial charge on any atom is -0.382 e. The zero-order valence-corrected chi connectivity index (χ0v) is 13.6. The molecule has 1 amide bonds. The van der Waals surface area contributed by atoms with Gasteiger partial charge in [-0.25, -0.2) is 9.97 Å². The fourth-order valence-electron chi connectivity index (χ4n) is 2.48. The fraction of sp³-hybridized carbons (Fsp3) is 0.312. The number of thioether (sulfide) groups is 1. The summed E-state index contributed by atoms with van der Waals surface area (Å²) in [6, 6.07) is 7.88. The molecule has 2 aromatic rings. The van der Waals surface area contributed by atoms with E-state index in [9.17, 15) is 4.79 Å². The molecule has 7 heteroatoms. The topological polar surface area (TPSA) is 84.1 Å². The number of benzene rings is 1. The molecule has 0 spiro atoms. The third kappa shape index (κ3) is 4.20. The lowest BCUT2D eigenvalue weighted by atomic mass is 10.2. The number of nitrogens with zero attached hydrogens (tertiary/aromatic N) is 3. The van der Waals surface area contributed by atoms with Crippen molar-refractivity contribution in [1.82, 2.24) is 14.9 Å². The van der Waals surface area contributed by atoms with Gasteiger partial charge in [0.15, 0.2) is 11.5 Å². The maximum absolute atomic E-state index is 12.2. The second-order valence-electron chi connectivity index (χ2n) is 5.33. The average Bonchev–Trinajstić information content (AvgIpc) is 2.56. The number of hydrogen-bond acceptors (Lipinski definition) is 6. The maximum atomic E-state index is 12.2. The third-order valence-corrected chi connectivity index (χ3v) is 4.58. The minimum absolute atomic E-state index is 0.131. The first kappa shape index (κ1) is 15.8. The molecule has 1 aromatic heterocycles. The van der Waals surface area contributed by atoms with E-state index in [1.165, 1.54) is 29.5 Å². The molecule has 0 atom stereocenters. The van der Waals surface area contributed by atoms with Crippen molar-refractivity contribution in [2.24, 2.45) is 0 Å². The number of nitrogens with two attached hydrogens (primary N) is 1. The van der Waals surface area contributed by atoms with Crippen LogP contribution in [0.2, 0.25) is 0 Å². The molecule has 120 valence electrons. The zero-order chi connectivity index (χ0) is 16.1. The van der Waals surface area contributed by atoms with Crippen LogP contribution >= 0.6 is 11.8 Å². The standard InChI is InChI=1S/C16H19N5OS/c17-15-14(18-4-5-19-15)16(22)20-13-3-1-2-12(10-13)11-21-6-8-23-9-7-21/h1-5,10H,6-9,11H2,(H2,17,19)(H,20,22). The van der Waals surface area contributed by atoms with Crippen LogP contribution in [0, 0.1) is 0 Å². The summed E-state index contributed by atoms with van der Waals surface area (Å²) < 4.78 is 0. The number of hydrogen-bond donors (Lipinski definition) is 2. The molecule has 0 radical (unpaired) electrons. The van der Waals surface area contributed by atoms with Crippen LogP contribution in [0.3, 0.4) is 0 Å². The second-order valence-corrected chi connectivity index (χ2v) is 6.56. The number of nitrogens with one attached hydrogen (secondary N) is 1.